The summed E-state index contributed by atoms with van der Waals surface area (Å²) in [6.07, 6.45) is 6.38. The maximum absolute atomic E-state index is 13.1. The molecule has 0 radical (unpaired) electrons. The number of fused-ring (bicyclic) bond motifs is 1. The van der Waals surface area contributed by atoms with Crippen LogP contribution in [0, 0.1) is 5.92 Å². The zero-order chi connectivity index (χ0) is 18.6. The minimum atomic E-state index is 0.210. The van der Waals surface area contributed by atoms with E-state index in [-0.39, 0.29) is 18.1 Å². The summed E-state index contributed by atoms with van der Waals surface area (Å²) in [4.78, 5) is 17.4. The Bertz CT molecular complexity index is 646. The molecule has 0 N–H and O–H groups in total. The molecule has 2 atom stereocenters. The van der Waals surface area contributed by atoms with Crippen LogP contribution in [0.2, 0.25) is 0 Å². The molecular formula is C22H32N2O3. The van der Waals surface area contributed by atoms with Gasteiger partial charge in [0.05, 0.1) is 18.8 Å². The average Bonchev–Trinajstić information content (AvgIpc) is 3.53. The predicted octanol–water partition coefficient (Wildman–Crippen LogP) is 3.08. The molecule has 5 heteroatoms. The minimum Gasteiger partial charge on any atom is -0.492 e. The Morgan fingerprint density at radius 3 is 2.89 bits per heavy atom. The Labute approximate surface area is 162 Å². The zero-order valence-electron chi connectivity index (χ0n) is 16.4. The molecule has 0 unspecified atom stereocenters. The number of morpholine rings is 1. The van der Waals surface area contributed by atoms with Gasteiger partial charge in [0.15, 0.2) is 0 Å². The largest absolute Gasteiger partial charge is 0.492 e. The summed E-state index contributed by atoms with van der Waals surface area (Å²) in [5.41, 5.74) is 1.17. The Morgan fingerprint density at radius 2 is 2.07 bits per heavy atom. The van der Waals surface area contributed by atoms with E-state index < -0.39 is 0 Å². The molecule has 1 amide bonds. The highest BCUT2D eigenvalue weighted by Gasteiger charge is 2.39. The van der Waals surface area contributed by atoms with Crippen LogP contribution in [0.5, 0.6) is 5.75 Å². The third-order valence-electron chi connectivity index (χ3n) is 5.96. The van der Waals surface area contributed by atoms with Crippen molar-refractivity contribution in [2.45, 2.75) is 57.8 Å². The molecule has 1 aromatic rings. The first-order valence-electron chi connectivity index (χ1n) is 10.6. The SMILES string of the molecule is CCCC[C@@H]1CN(C(=O)CN2CCOc3ccccc3C2)C[C@H](C2CC2)O1. The fourth-order valence-corrected chi connectivity index (χ4v) is 4.20. The van der Waals surface area contributed by atoms with Crippen molar-refractivity contribution in [1.82, 2.24) is 9.80 Å². The van der Waals surface area contributed by atoms with E-state index in [1.807, 2.05) is 18.2 Å². The molecule has 148 valence electrons. The maximum Gasteiger partial charge on any atom is 0.236 e. The third kappa shape index (κ3) is 4.82. The first-order valence-corrected chi connectivity index (χ1v) is 10.6. The molecule has 0 aromatic heterocycles. The van der Waals surface area contributed by atoms with Crippen molar-refractivity contribution in [3.05, 3.63) is 29.8 Å². The number of carbonyl (C=O) groups excluding carboxylic acids is 1. The van der Waals surface area contributed by atoms with Crippen molar-refractivity contribution in [3.8, 4) is 5.75 Å². The summed E-state index contributed by atoms with van der Waals surface area (Å²) in [5.74, 6) is 1.86. The second-order valence-corrected chi connectivity index (χ2v) is 8.24. The molecule has 0 bridgehead atoms. The van der Waals surface area contributed by atoms with Gasteiger partial charge in [-0.25, -0.2) is 0 Å². The molecule has 2 aliphatic heterocycles. The first kappa shape index (κ1) is 18.8. The Balaban J connectivity index is 1.37. The van der Waals surface area contributed by atoms with Crippen LogP contribution in [-0.2, 0) is 16.1 Å². The third-order valence-corrected chi connectivity index (χ3v) is 5.96. The first-order chi connectivity index (χ1) is 13.2. The van der Waals surface area contributed by atoms with Crippen LogP contribution in [0.4, 0.5) is 0 Å². The number of para-hydroxylation sites is 1. The number of hydrogen-bond acceptors (Lipinski definition) is 4. The predicted molar refractivity (Wildman–Crippen MR) is 105 cm³/mol. The zero-order valence-corrected chi connectivity index (χ0v) is 16.4. The van der Waals surface area contributed by atoms with Gasteiger partial charge in [0.25, 0.3) is 0 Å². The standard InChI is InChI=1S/C22H32N2O3/c1-2-3-7-19-14-24(15-21(27-19)17-9-10-17)22(25)16-23-11-12-26-20-8-5-4-6-18(20)13-23/h4-6,8,17,19,21H,2-3,7,9-16H2,1H3/t19-,21-/m1/s1. The Kier molecular flexibility index (Phi) is 5.98. The second-order valence-electron chi connectivity index (χ2n) is 8.24. The highest BCUT2D eigenvalue weighted by molar-refractivity contribution is 5.78. The van der Waals surface area contributed by atoms with Gasteiger partial charge < -0.3 is 14.4 Å². The fourth-order valence-electron chi connectivity index (χ4n) is 4.20. The number of benzene rings is 1. The molecule has 27 heavy (non-hydrogen) atoms. The minimum absolute atomic E-state index is 0.210. The summed E-state index contributed by atoms with van der Waals surface area (Å²) in [5, 5.41) is 0. The lowest BCUT2D eigenvalue weighted by molar-refractivity contribution is -0.149. The number of carbonyl (C=O) groups is 1. The average molecular weight is 373 g/mol. The lowest BCUT2D eigenvalue weighted by Gasteiger charge is -2.39. The van der Waals surface area contributed by atoms with Gasteiger partial charge in [-0.2, -0.15) is 0 Å². The van der Waals surface area contributed by atoms with Gasteiger partial charge >= 0.3 is 0 Å². The smallest absolute Gasteiger partial charge is 0.236 e. The van der Waals surface area contributed by atoms with Gasteiger partial charge in [-0.3, -0.25) is 9.69 Å². The van der Waals surface area contributed by atoms with Gasteiger partial charge in [0.1, 0.15) is 12.4 Å². The van der Waals surface area contributed by atoms with Crippen LogP contribution in [-0.4, -0.2) is 60.7 Å². The van der Waals surface area contributed by atoms with E-state index in [0.717, 1.165) is 38.3 Å². The summed E-state index contributed by atoms with van der Waals surface area (Å²) in [6, 6.07) is 8.15. The number of amides is 1. The van der Waals surface area contributed by atoms with Crippen molar-refractivity contribution in [2.75, 3.05) is 32.8 Å². The van der Waals surface area contributed by atoms with E-state index in [1.54, 1.807) is 0 Å². The summed E-state index contributed by atoms with van der Waals surface area (Å²) >= 11 is 0. The Hall–Kier alpha value is -1.59. The lowest BCUT2D eigenvalue weighted by Crippen LogP contribution is -2.53. The van der Waals surface area contributed by atoms with Crippen LogP contribution in [0.15, 0.2) is 24.3 Å². The van der Waals surface area contributed by atoms with Crippen LogP contribution < -0.4 is 4.74 Å². The number of unbranched alkanes of at least 4 members (excludes halogenated alkanes) is 1. The highest BCUT2D eigenvalue weighted by atomic mass is 16.5. The topological polar surface area (TPSA) is 42.0 Å². The van der Waals surface area contributed by atoms with E-state index in [1.165, 1.54) is 31.2 Å². The number of rotatable bonds is 6. The number of ether oxygens (including phenoxy) is 2. The van der Waals surface area contributed by atoms with E-state index >= 15 is 0 Å². The molecule has 1 saturated heterocycles. The molecule has 2 heterocycles. The molecule has 4 rings (SSSR count). The van der Waals surface area contributed by atoms with Crippen molar-refractivity contribution in [3.63, 3.8) is 0 Å². The van der Waals surface area contributed by atoms with Crippen molar-refractivity contribution < 1.29 is 14.3 Å². The molecule has 3 aliphatic rings. The van der Waals surface area contributed by atoms with Crippen molar-refractivity contribution in [1.29, 1.82) is 0 Å². The van der Waals surface area contributed by atoms with Gasteiger partial charge in [-0.15, -0.1) is 0 Å². The maximum atomic E-state index is 13.1. The Morgan fingerprint density at radius 1 is 1.22 bits per heavy atom. The highest BCUT2D eigenvalue weighted by Crippen LogP contribution is 2.37. The second kappa shape index (κ2) is 8.61. The normalized spacial score (nSPS) is 26.2. The molecule has 1 saturated carbocycles. The molecule has 5 nitrogen and oxygen atoms in total. The van der Waals surface area contributed by atoms with E-state index in [0.29, 0.717) is 19.1 Å². The quantitative estimate of drug-likeness (QED) is 0.770. The van der Waals surface area contributed by atoms with E-state index in [4.69, 9.17) is 9.47 Å². The summed E-state index contributed by atoms with van der Waals surface area (Å²) in [6.45, 7) is 6.40. The fraction of sp³-hybridized carbons (Fsp3) is 0.682. The van der Waals surface area contributed by atoms with Crippen molar-refractivity contribution in [2.24, 2.45) is 5.92 Å². The van der Waals surface area contributed by atoms with Gasteiger partial charge in [0.2, 0.25) is 5.91 Å². The van der Waals surface area contributed by atoms with Crippen LogP contribution >= 0.6 is 0 Å². The van der Waals surface area contributed by atoms with E-state index in [9.17, 15) is 4.79 Å². The molecule has 1 aliphatic carbocycles. The van der Waals surface area contributed by atoms with Gasteiger partial charge in [-0.05, 0) is 31.2 Å². The molecule has 1 aromatic carbocycles. The molecule has 2 fully saturated rings. The van der Waals surface area contributed by atoms with Crippen LogP contribution in [0.25, 0.3) is 0 Å². The number of hydrogen-bond donors (Lipinski definition) is 0. The van der Waals surface area contributed by atoms with Gasteiger partial charge in [-0.1, -0.05) is 38.0 Å². The van der Waals surface area contributed by atoms with Crippen LogP contribution in [0.1, 0.15) is 44.6 Å². The monoisotopic (exact) mass is 372 g/mol. The summed E-state index contributed by atoms with van der Waals surface area (Å²) < 4.78 is 12.2. The molecule has 0 spiro atoms. The number of nitrogens with zero attached hydrogens (tertiary/aromatic N) is 2. The summed E-state index contributed by atoms with van der Waals surface area (Å²) in [7, 11) is 0. The lowest BCUT2D eigenvalue weighted by atomic mass is 10.1. The van der Waals surface area contributed by atoms with Crippen molar-refractivity contribution >= 4 is 5.91 Å². The van der Waals surface area contributed by atoms with Crippen LogP contribution in [0.3, 0.4) is 0 Å². The molecular weight excluding hydrogens is 340 g/mol. The van der Waals surface area contributed by atoms with Gasteiger partial charge in [0, 0.05) is 31.7 Å². The van der Waals surface area contributed by atoms with E-state index in [2.05, 4.69) is 22.8 Å².